The van der Waals surface area contributed by atoms with Crippen LogP contribution in [0.1, 0.15) is 34.8 Å². The summed E-state index contributed by atoms with van der Waals surface area (Å²) in [4.78, 5) is 35.7. The molecule has 1 heterocycles. The highest BCUT2D eigenvalue weighted by molar-refractivity contribution is 5.96. The highest BCUT2D eigenvalue weighted by Crippen LogP contribution is 2.24. The summed E-state index contributed by atoms with van der Waals surface area (Å²) in [5, 5.41) is 2.65. The maximum atomic E-state index is 12.2. The molecule has 0 aliphatic carbocycles. The number of nitrogens with one attached hydrogen (secondary N) is 1. The van der Waals surface area contributed by atoms with Crippen molar-refractivity contribution < 1.29 is 28.3 Å². The van der Waals surface area contributed by atoms with E-state index >= 15 is 0 Å². The van der Waals surface area contributed by atoms with Gasteiger partial charge in [-0.2, -0.15) is 0 Å². The van der Waals surface area contributed by atoms with Crippen LogP contribution in [0.2, 0.25) is 0 Å². The number of rotatable bonds is 8. The zero-order valence-electron chi connectivity index (χ0n) is 16.6. The Morgan fingerprint density at radius 2 is 1.70 bits per heavy atom. The largest absolute Gasteiger partial charge is 0.492 e. The topological polar surface area (TPSA) is 94.8 Å². The lowest BCUT2D eigenvalue weighted by Gasteiger charge is -2.11. The van der Waals surface area contributed by atoms with Crippen LogP contribution >= 0.6 is 0 Å². The Bertz CT molecular complexity index is 1050. The molecule has 0 radical (unpaired) electrons. The third kappa shape index (κ3) is 5.14. The third-order valence-electron chi connectivity index (χ3n) is 4.18. The Balaban J connectivity index is 1.58. The second kappa shape index (κ2) is 9.56. The smallest absolute Gasteiger partial charge is 0.374 e. The van der Waals surface area contributed by atoms with Gasteiger partial charge in [-0.3, -0.25) is 9.59 Å². The fraction of sp³-hybridized carbons (Fsp3) is 0.174. The van der Waals surface area contributed by atoms with Crippen LogP contribution in [-0.2, 0) is 9.53 Å². The molecule has 0 bridgehead atoms. The first-order valence-electron chi connectivity index (χ1n) is 9.38. The molecule has 30 heavy (non-hydrogen) atoms. The number of Topliss-reactive ketones (excluding diaryl/α,β-unsaturated/α-hetero) is 1. The minimum atomic E-state index is -0.755. The van der Waals surface area contributed by atoms with Gasteiger partial charge >= 0.3 is 5.97 Å². The zero-order chi connectivity index (χ0) is 21.5. The normalized spacial score (nSPS) is 10.3. The molecule has 3 rings (SSSR count). The molecule has 1 aromatic heterocycles. The summed E-state index contributed by atoms with van der Waals surface area (Å²) in [5.74, 6) is -0.328. The van der Waals surface area contributed by atoms with E-state index in [2.05, 4.69) is 5.32 Å². The number of carbonyl (C=O) groups is 3. The predicted molar refractivity (Wildman–Crippen MR) is 111 cm³/mol. The van der Waals surface area contributed by atoms with Gasteiger partial charge in [0.25, 0.3) is 5.91 Å². The summed E-state index contributed by atoms with van der Waals surface area (Å²) in [5.41, 5.74) is 1.79. The number of anilines is 1. The highest BCUT2D eigenvalue weighted by Gasteiger charge is 2.16. The van der Waals surface area contributed by atoms with Gasteiger partial charge in [0.05, 0.1) is 12.3 Å². The molecule has 0 atom stereocenters. The second-order valence-electron chi connectivity index (χ2n) is 6.35. The van der Waals surface area contributed by atoms with Crippen molar-refractivity contribution in [3.05, 3.63) is 72.0 Å². The number of amides is 1. The number of para-hydroxylation sites is 2. The first-order valence-corrected chi connectivity index (χ1v) is 9.38. The Labute approximate surface area is 173 Å². The SMILES string of the molecule is CCOc1ccccc1NC(=O)COC(=O)c1ccc(-c2ccc(C(C)=O)cc2)o1. The molecule has 7 heteroatoms. The quantitative estimate of drug-likeness (QED) is 0.441. The van der Waals surface area contributed by atoms with Gasteiger partial charge in [0.2, 0.25) is 5.76 Å². The van der Waals surface area contributed by atoms with Crippen LogP contribution in [0.25, 0.3) is 11.3 Å². The van der Waals surface area contributed by atoms with Gasteiger partial charge < -0.3 is 19.2 Å². The van der Waals surface area contributed by atoms with Crippen molar-refractivity contribution in [3.63, 3.8) is 0 Å². The number of carbonyl (C=O) groups excluding carboxylic acids is 3. The predicted octanol–water partition coefficient (Wildman–Crippen LogP) is 4.34. The van der Waals surface area contributed by atoms with E-state index in [1.165, 1.54) is 13.0 Å². The molecule has 0 fully saturated rings. The number of esters is 1. The van der Waals surface area contributed by atoms with Crippen molar-refractivity contribution in [3.8, 4) is 17.1 Å². The van der Waals surface area contributed by atoms with Gasteiger partial charge in [0, 0.05) is 11.1 Å². The van der Waals surface area contributed by atoms with Crippen molar-refractivity contribution in [2.75, 3.05) is 18.5 Å². The van der Waals surface area contributed by atoms with E-state index in [4.69, 9.17) is 13.9 Å². The van der Waals surface area contributed by atoms with Crippen molar-refractivity contribution in [2.24, 2.45) is 0 Å². The van der Waals surface area contributed by atoms with Crippen molar-refractivity contribution in [1.29, 1.82) is 0 Å². The fourth-order valence-corrected chi connectivity index (χ4v) is 2.71. The van der Waals surface area contributed by atoms with Crippen LogP contribution in [0.4, 0.5) is 5.69 Å². The summed E-state index contributed by atoms with van der Waals surface area (Å²) in [6.45, 7) is 3.32. The second-order valence-corrected chi connectivity index (χ2v) is 6.35. The Hall–Kier alpha value is -3.87. The van der Waals surface area contributed by atoms with E-state index in [9.17, 15) is 14.4 Å². The number of hydrogen-bond acceptors (Lipinski definition) is 6. The number of ether oxygens (including phenoxy) is 2. The summed E-state index contributed by atoms with van der Waals surface area (Å²) in [6, 6.07) is 16.9. The van der Waals surface area contributed by atoms with E-state index in [-0.39, 0.29) is 11.5 Å². The average molecular weight is 407 g/mol. The Kier molecular flexibility index (Phi) is 6.64. The molecule has 0 aliphatic rings. The van der Waals surface area contributed by atoms with Crippen molar-refractivity contribution in [2.45, 2.75) is 13.8 Å². The van der Waals surface area contributed by atoms with Crippen LogP contribution in [0.3, 0.4) is 0 Å². The molecule has 154 valence electrons. The highest BCUT2D eigenvalue weighted by atomic mass is 16.5. The Morgan fingerprint density at radius 3 is 2.40 bits per heavy atom. The summed E-state index contributed by atoms with van der Waals surface area (Å²) in [7, 11) is 0. The maximum absolute atomic E-state index is 12.2. The molecule has 1 amide bonds. The van der Waals surface area contributed by atoms with E-state index in [0.717, 1.165) is 0 Å². The average Bonchev–Trinajstić information content (AvgIpc) is 3.24. The van der Waals surface area contributed by atoms with E-state index in [1.54, 1.807) is 54.6 Å². The monoisotopic (exact) mass is 407 g/mol. The minimum Gasteiger partial charge on any atom is -0.492 e. The van der Waals surface area contributed by atoms with Gasteiger partial charge in [-0.15, -0.1) is 0 Å². The molecule has 0 saturated carbocycles. The number of benzene rings is 2. The first kappa shape index (κ1) is 20.9. The van der Waals surface area contributed by atoms with Gasteiger partial charge in [-0.25, -0.2) is 4.79 Å². The molecule has 0 spiro atoms. The van der Waals surface area contributed by atoms with Gasteiger partial charge in [-0.05, 0) is 38.1 Å². The van der Waals surface area contributed by atoms with Crippen LogP contribution in [0.15, 0.2) is 65.1 Å². The summed E-state index contributed by atoms with van der Waals surface area (Å²) < 4.78 is 16.0. The molecule has 7 nitrogen and oxygen atoms in total. The number of furan rings is 1. The Morgan fingerprint density at radius 1 is 0.967 bits per heavy atom. The molecule has 0 saturated heterocycles. The van der Waals surface area contributed by atoms with Gasteiger partial charge in [-0.1, -0.05) is 36.4 Å². The molecule has 2 aromatic carbocycles. The number of hydrogen-bond donors (Lipinski definition) is 1. The fourth-order valence-electron chi connectivity index (χ4n) is 2.71. The lowest BCUT2D eigenvalue weighted by molar-refractivity contribution is -0.119. The first-order chi connectivity index (χ1) is 14.5. The van der Waals surface area contributed by atoms with Crippen LogP contribution in [0, 0.1) is 0 Å². The van der Waals surface area contributed by atoms with Gasteiger partial charge in [0.15, 0.2) is 12.4 Å². The summed E-state index contributed by atoms with van der Waals surface area (Å²) >= 11 is 0. The molecular formula is C23H21NO6. The van der Waals surface area contributed by atoms with E-state index in [1.807, 2.05) is 6.92 Å². The molecule has 0 unspecified atom stereocenters. The van der Waals surface area contributed by atoms with Crippen LogP contribution < -0.4 is 10.1 Å². The molecule has 3 aromatic rings. The lowest BCUT2D eigenvalue weighted by Crippen LogP contribution is -2.21. The van der Waals surface area contributed by atoms with E-state index in [0.29, 0.717) is 34.9 Å². The minimum absolute atomic E-state index is 0.0249. The molecule has 1 N–H and O–H groups in total. The van der Waals surface area contributed by atoms with Crippen LogP contribution in [0.5, 0.6) is 5.75 Å². The van der Waals surface area contributed by atoms with Crippen molar-refractivity contribution >= 4 is 23.3 Å². The lowest BCUT2D eigenvalue weighted by atomic mass is 10.1. The zero-order valence-corrected chi connectivity index (χ0v) is 16.6. The third-order valence-corrected chi connectivity index (χ3v) is 4.18. The van der Waals surface area contributed by atoms with Crippen LogP contribution in [-0.4, -0.2) is 30.9 Å². The standard InChI is InChI=1S/C23H21NO6/c1-3-28-20-7-5-4-6-18(20)24-22(26)14-29-23(27)21-13-12-19(30-21)17-10-8-16(9-11-17)15(2)25/h4-13H,3,14H2,1-2H3,(H,24,26). The molecular weight excluding hydrogens is 386 g/mol. The maximum Gasteiger partial charge on any atom is 0.374 e. The van der Waals surface area contributed by atoms with Gasteiger partial charge in [0.1, 0.15) is 11.5 Å². The van der Waals surface area contributed by atoms with E-state index < -0.39 is 18.5 Å². The summed E-state index contributed by atoms with van der Waals surface area (Å²) in [6.07, 6.45) is 0. The number of ketones is 1. The molecule has 0 aliphatic heterocycles. The van der Waals surface area contributed by atoms with Crippen molar-refractivity contribution in [1.82, 2.24) is 0 Å².